The smallest absolute Gasteiger partial charge is 0.0312 e. The summed E-state index contributed by atoms with van der Waals surface area (Å²) >= 11 is 0. The molecular weight excluding hydrogens is 198 g/mol. The summed E-state index contributed by atoms with van der Waals surface area (Å²) in [7, 11) is 0. The Balaban J connectivity index is 1.56. The lowest BCUT2D eigenvalue weighted by atomic mass is 9.84. The summed E-state index contributed by atoms with van der Waals surface area (Å²) in [4.78, 5) is 6.73. The molecule has 4 rings (SSSR count). The van der Waals surface area contributed by atoms with Crippen LogP contribution in [0.15, 0.2) is 24.5 Å². The van der Waals surface area contributed by atoms with Crippen molar-refractivity contribution in [1.29, 1.82) is 0 Å². The van der Waals surface area contributed by atoms with E-state index in [1.165, 1.54) is 38.0 Å². The maximum Gasteiger partial charge on any atom is 0.0312 e. The summed E-state index contributed by atoms with van der Waals surface area (Å²) in [6, 6.07) is 4.84. The maximum absolute atomic E-state index is 4.15. The number of hydrogen-bond donors (Lipinski definition) is 1. The fourth-order valence-corrected chi connectivity index (χ4v) is 2.95. The Bertz CT molecular complexity index is 330. The molecule has 0 amide bonds. The topological polar surface area (TPSA) is 28.2 Å². The zero-order chi connectivity index (χ0) is 10.8. The van der Waals surface area contributed by atoms with Gasteiger partial charge in [0.2, 0.25) is 0 Å². The molecule has 1 aromatic heterocycles. The summed E-state index contributed by atoms with van der Waals surface area (Å²) in [5, 5.41) is 3.69. The molecule has 3 nitrogen and oxygen atoms in total. The van der Waals surface area contributed by atoms with Gasteiger partial charge in [-0.05, 0) is 43.5 Å². The lowest BCUT2D eigenvalue weighted by Crippen LogP contribution is -2.55. The van der Waals surface area contributed by atoms with Gasteiger partial charge in [0.1, 0.15) is 0 Å². The van der Waals surface area contributed by atoms with Gasteiger partial charge in [0.15, 0.2) is 0 Å². The van der Waals surface area contributed by atoms with E-state index < -0.39 is 0 Å². The van der Waals surface area contributed by atoms with Crippen LogP contribution in [0.3, 0.4) is 0 Å². The van der Waals surface area contributed by atoms with Gasteiger partial charge in [-0.2, -0.15) is 0 Å². The van der Waals surface area contributed by atoms with Gasteiger partial charge in [-0.1, -0.05) is 6.07 Å². The molecule has 0 radical (unpaired) electrons. The molecule has 3 aliphatic heterocycles. The first-order valence-corrected chi connectivity index (χ1v) is 6.26. The number of aromatic nitrogens is 1. The third-order valence-corrected chi connectivity index (χ3v) is 3.95. The lowest BCUT2D eigenvalue weighted by Gasteiger charge is -2.45. The minimum atomic E-state index is 0.697. The predicted octanol–water partition coefficient (Wildman–Crippen LogP) is 1.27. The summed E-state index contributed by atoms with van der Waals surface area (Å²) in [5.41, 5.74) is 1.29. The monoisotopic (exact) mass is 217 g/mol. The van der Waals surface area contributed by atoms with Gasteiger partial charge in [-0.3, -0.25) is 4.98 Å². The van der Waals surface area contributed by atoms with E-state index in [-0.39, 0.29) is 0 Å². The van der Waals surface area contributed by atoms with Crippen LogP contribution in [0.5, 0.6) is 0 Å². The second-order valence-electron chi connectivity index (χ2n) is 4.99. The van der Waals surface area contributed by atoms with Gasteiger partial charge in [0, 0.05) is 31.5 Å². The average molecular weight is 217 g/mol. The van der Waals surface area contributed by atoms with Crippen molar-refractivity contribution in [2.75, 3.05) is 19.6 Å². The minimum Gasteiger partial charge on any atom is -0.308 e. The molecule has 1 unspecified atom stereocenters. The van der Waals surface area contributed by atoms with Crippen molar-refractivity contribution in [3.8, 4) is 0 Å². The van der Waals surface area contributed by atoms with Crippen LogP contribution >= 0.6 is 0 Å². The minimum absolute atomic E-state index is 0.697. The Hall–Kier alpha value is -0.930. The van der Waals surface area contributed by atoms with E-state index in [0.29, 0.717) is 6.04 Å². The average Bonchev–Trinajstić information content (AvgIpc) is 2.39. The molecule has 3 aliphatic rings. The zero-order valence-corrected chi connectivity index (χ0v) is 9.60. The van der Waals surface area contributed by atoms with Crippen LogP contribution in [0.25, 0.3) is 0 Å². The molecule has 3 fully saturated rings. The third-order valence-electron chi connectivity index (χ3n) is 3.95. The van der Waals surface area contributed by atoms with Crippen molar-refractivity contribution in [1.82, 2.24) is 15.2 Å². The Labute approximate surface area is 96.9 Å². The number of nitrogens with one attached hydrogen (secondary N) is 1. The Morgan fingerprint density at radius 1 is 1.38 bits per heavy atom. The summed E-state index contributed by atoms with van der Waals surface area (Å²) in [5.74, 6) is 0.904. The molecule has 0 saturated carbocycles. The first-order valence-electron chi connectivity index (χ1n) is 6.26. The van der Waals surface area contributed by atoms with E-state index in [4.69, 9.17) is 0 Å². The van der Waals surface area contributed by atoms with Crippen molar-refractivity contribution in [3.63, 3.8) is 0 Å². The van der Waals surface area contributed by atoms with Gasteiger partial charge >= 0.3 is 0 Å². The zero-order valence-electron chi connectivity index (χ0n) is 9.60. The first kappa shape index (κ1) is 10.2. The van der Waals surface area contributed by atoms with Crippen molar-refractivity contribution < 1.29 is 0 Å². The van der Waals surface area contributed by atoms with Crippen molar-refractivity contribution >= 4 is 0 Å². The highest BCUT2D eigenvalue weighted by atomic mass is 15.2. The van der Waals surface area contributed by atoms with Gasteiger partial charge < -0.3 is 10.2 Å². The van der Waals surface area contributed by atoms with Gasteiger partial charge in [-0.15, -0.1) is 0 Å². The number of rotatable bonds is 3. The van der Waals surface area contributed by atoms with E-state index in [1.807, 2.05) is 18.5 Å². The number of piperidine rings is 3. The fraction of sp³-hybridized carbons (Fsp3) is 0.615. The van der Waals surface area contributed by atoms with Crippen LogP contribution < -0.4 is 5.32 Å². The summed E-state index contributed by atoms with van der Waals surface area (Å²) < 4.78 is 0. The summed E-state index contributed by atoms with van der Waals surface area (Å²) in [6.45, 7) is 4.83. The molecule has 0 spiro atoms. The molecule has 3 heteroatoms. The lowest BCUT2D eigenvalue weighted by molar-refractivity contribution is 0.0720. The van der Waals surface area contributed by atoms with Crippen LogP contribution in [0.1, 0.15) is 18.4 Å². The van der Waals surface area contributed by atoms with Gasteiger partial charge in [0.25, 0.3) is 0 Å². The Morgan fingerprint density at radius 3 is 2.88 bits per heavy atom. The van der Waals surface area contributed by atoms with Gasteiger partial charge in [0.05, 0.1) is 0 Å². The third kappa shape index (κ3) is 2.11. The highest BCUT2D eigenvalue weighted by Gasteiger charge is 2.33. The second kappa shape index (κ2) is 4.52. The van der Waals surface area contributed by atoms with E-state index in [1.54, 1.807) is 0 Å². The van der Waals surface area contributed by atoms with Crippen LogP contribution in [-0.2, 0) is 6.54 Å². The van der Waals surface area contributed by atoms with Crippen LogP contribution in [0.2, 0.25) is 0 Å². The standard InChI is InChI=1S/C13H19N3/c1-2-11(8-14-5-1)9-15-13-10-16-6-3-12(13)4-7-16/h1-2,5,8,12-13,15H,3-4,6-7,9-10H2. The molecule has 1 aromatic rings. The fourth-order valence-electron chi connectivity index (χ4n) is 2.95. The number of pyridine rings is 1. The highest BCUT2D eigenvalue weighted by molar-refractivity contribution is 5.08. The van der Waals surface area contributed by atoms with Crippen molar-refractivity contribution in [3.05, 3.63) is 30.1 Å². The predicted molar refractivity (Wildman–Crippen MR) is 64.0 cm³/mol. The van der Waals surface area contributed by atoms with E-state index in [9.17, 15) is 0 Å². The van der Waals surface area contributed by atoms with E-state index >= 15 is 0 Å². The van der Waals surface area contributed by atoms with Crippen molar-refractivity contribution in [2.24, 2.45) is 5.92 Å². The van der Waals surface area contributed by atoms with Gasteiger partial charge in [-0.25, -0.2) is 0 Å². The summed E-state index contributed by atoms with van der Waals surface area (Å²) in [6.07, 6.45) is 6.54. The molecule has 16 heavy (non-hydrogen) atoms. The maximum atomic E-state index is 4.15. The van der Waals surface area contributed by atoms with Crippen LogP contribution in [0.4, 0.5) is 0 Å². The molecule has 0 aromatic carbocycles. The molecule has 4 heterocycles. The molecule has 3 saturated heterocycles. The first-order chi connectivity index (χ1) is 7.92. The SMILES string of the molecule is c1cncc(CNC2CN3CCC2CC3)c1. The molecular formula is C13H19N3. The normalized spacial score (nSPS) is 32.9. The van der Waals surface area contributed by atoms with Crippen molar-refractivity contribution in [2.45, 2.75) is 25.4 Å². The van der Waals surface area contributed by atoms with Crippen LogP contribution in [-0.4, -0.2) is 35.6 Å². The quantitative estimate of drug-likeness (QED) is 0.826. The van der Waals surface area contributed by atoms with E-state index in [0.717, 1.165) is 12.5 Å². The Kier molecular flexibility index (Phi) is 2.89. The molecule has 1 N–H and O–H groups in total. The number of nitrogens with zero attached hydrogens (tertiary/aromatic N) is 2. The van der Waals surface area contributed by atoms with Crippen LogP contribution in [0, 0.1) is 5.92 Å². The number of hydrogen-bond acceptors (Lipinski definition) is 3. The molecule has 2 bridgehead atoms. The number of fused-ring (bicyclic) bond motifs is 3. The van der Waals surface area contributed by atoms with E-state index in [2.05, 4.69) is 21.3 Å². The Morgan fingerprint density at radius 2 is 2.25 bits per heavy atom. The largest absolute Gasteiger partial charge is 0.308 e. The highest BCUT2D eigenvalue weighted by Crippen LogP contribution is 2.27. The molecule has 1 atom stereocenters. The second-order valence-corrected chi connectivity index (χ2v) is 4.99. The molecule has 86 valence electrons. The molecule has 0 aliphatic carbocycles.